The molecule has 0 aromatic heterocycles. The number of benzene rings is 2. The fraction of sp³-hybridized carbons (Fsp3) is 0.278. The number of amides is 1. The molecule has 0 atom stereocenters. The highest BCUT2D eigenvalue weighted by atomic mass is 32.2. The minimum absolute atomic E-state index is 0.0964. The van der Waals surface area contributed by atoms with Gasteiger partial charge in [-0.15, -0.1) is 0 Å². The predicted molar refractivity (Wildman–Crippen MR) is 103 cm³/mol. The lowest BCUT2D eigenvalue weighted by atomic mass is 10.2. The predicted octanol–water partition coefficient (Wildman–Crippen LogP) is 2.19. The summed E-state index contributed by atoms with van der Waals surface area (Å²) in [7, 11) is -0.214. The van der Waals surface area contributed by atoms with Gasteiger partial charge in [0.25, 0.3) is 0 Å². The molecule has 2 aromatic rings. The molecule has 0 aliphatic rings. The summed E-state index contributed by atoms with van der Waals surface area (Å²) in [6.07, 6.45) is 0.373. The zero-order valence-electron chi connectivity index (χ0n) is 14.8. The standard InChI is InChI=1S/C18H23N3O4S/c1-19-12-11-18(22)20-15-5-3-14(4-6-15)13-26(23,24)21-16-7-9-17(25-2)10-8-16/h3-10,19,21H,11-13H2,1-2H3,(H,20,22). The quantitative estimate of drug-likeness (QED) is 0.622. The van der Waals surface area contributed by atoms with Crippen molar-refractivity contribution in [1.82, 2.24) is 5.32 Å². The van der Waals surface area contributed by atoms with E-state index in [1.165, 1.54) is 0 Å². The molecule has 140 valence electrons. The van der Waals surface area contributed by atoms with Crippen LogP contribution in [0.2, 0.25) is 0 Å². The third kappa shape index (κ3) is 6.38. The second-order valence-corrected chi connectivity index (χ2v) is 7.41. The summed E-state index contributed by atoms with van der Waals surface area (Å²) in [6, 6.07) is 13.4. The van der Waals surface area contributed by atoms with Crippen LogP contribution in [0.25, 0.3) is 0 Å². The lowest BCUT2D eigenvalue weighted by Crippen LogP contribution is -2.18. The molecular weight excluding hydrogens is 354 g/mol. The average Bonchev–Trinajstić information content (AvgIpc) is 2.61. The van der Waals surface area contributed by atoms with Crippen molar-refractivity contribution in [3.8, 4) is 5.75 Å². The highest BCUT2D eigenvalue weighted by molar-refractivity contribution is 7.91. The first kappa shape index (κ1) is 19.7. The first-order valence-electron chi connectivity index (χ1n) is 8.10. The van der Waals surface area contributed by atoms with Gasteiger partial charge in [0.05, 0.1) is 12.9 Å². The van der Waals surface area contributed by atoms with E-state index < -0.39 is 10.0 Å². The smallest absolute Gasteiger partial charge is 0.236 e. The fourth-order valence-corrected chi connectivity index (χ4v) is 3.44. The van der Waals surface area contributed by atoms with Crippen molar-refractivity contribution in [2.45, 2.75) is 12.2 Å². The van der Waals surface area contributed by atoms with Crippen LogP contribution < -0.4 is 20.1 Å². The Bertz CT molecular complexity index is 819. The van der Waals surface area contributed by atoms with Crippen LogP contribution >= 0.6 is 0 Å². The highest BCUT2D eigenvalue weighted by Crippen LogP contribution is 2.18. The second-order valence-electron chi connectivity index (χ2n) is 5.69. The molecule has 26 heavy (non-hydrogen) atoms. The number of anilines is 2. The van der Waals surface area contributed by atoms with Gasteiger partial charge in [0.1, 0.15) is 5.75 Å². The Labute approximate surface area is 153 Å². The number of methoxy groups -OCH3 is 1. The topological polar surface area (TPSA) is 96.5 Å². The van der Waals surface area contributed by atoms with Crippen molar-refractivity contribution in [1.29, 1.82) is 0 Å². The lowest BCUT2D eigenvalue weighted by Gasteiger charge is -2.10. The van der Waals surface area contributed by atoms with Crippen molar-refractivity contribution >= 4 is 27.3 Å². The maximum absolute atomic E-state index is 12.3. The fourth-order valence-electron chi connectivity index (χ4n) is 2.24. The van der Waals surface area contributed by atoms with Gasteiger partial charge in [-0.05, 0) is 49.0 Å². The Morgan fingerprint density at radius 2 is 1.62 bits per heavy atom. The third-order valence-corrected chi connectivity index (χ3v) is 4.82. The monoisotopic (exact) mass is 377 g/mol. The van der Waals surface area contributed by atoms with Crippen LogP contribution in [0.4, 0.5) is 11.4 Å². The van der Waals surface area contributed by atoms with Crippen LogP contribution in [0.1, 0.15) is 12.0 Å². The van der Waals surface area contributed by atoms with Gasteiger partial charge in [0, 0.05) is 24.3 Å². The molecule has 8 heteroatoms. The van der Waals surface area contributed by atoms with Gasteiger partial charge in [0.2, 0.25) is 15.9 Å². The summed E-state index contributed by atoms with van der Waals surface area (Å²) in [4.78, 5) is 11.7. The number of nitrogens with one attached hydrogen (secondary N) is 3. The van der Waals surface area contributed by atoms with Crippen molar-refractivity contribution < 1.29 is 17.9 Å². The Hall–Kier alpha value is -2.58. The normalized spacial score (nSPS) is 11.0. The van der Waals surface area contributed by atoms with Crippen molar-refractivity contribution in [2.75, 3.05) is 30.7 Å². The molecule has 0 heterocycles. The first-order chi connectivity index (χ1) is 12.4. The molecule has 0 saturated carbocycles. The molecule has 2 rings (SSSR count). The van der Waals surface area contributed by atoms with Crippen molar-refractivity contribution in [3.05, 3.63) is 54.1 Å². The number of sulfonamides is 1. The van der Waals surface area contributed by atoms with Crippen LogP contribution in [-0.4, -0.2) is 35.0 Å². The molecule has 0 bridgehead atoms. The van der Waals surface area contributed by atoms with Gasteiger partial charge in [-0.1, -0.05) is 12.1 Å². The van der Waals surface area contributed by atoms with Crippen molar-refractivity contribution in [3.63, 3.8) is 0 Å². The van der Waals surface area contributed by atoms with E-state index in [-0.39, 0.29) is 11.7 Å². The van der Waals surface area contributed by atoms with Gasteiger partial charge >= 0.3 is 0 Å². The van der Waals surface area contributed by atoms with Gasteiger partial charge in [-0.25, -0.2) is 8.42 Å². The second kappa shape index (κ2) is 9.21. The van der Waals surface area contributed by atoms with E-state index in [9.17, 15) is 13.2 Å². The minimum Gasteiger partial charge on any atom is -0.497 e. The highest BCUT2D eigenvalue weighted by Gasteiger charge is 2.12. The zero-order valence-corrected chi connectivity index (χ0v) is 15.6. The van der Waals surface area contributed by atoms with Gasteiger partial charge in [0.15, 0.2) is 0 Å². The number of hydrogen-bond acceptors (Lipinski definition) is 5. The molecule has 7 nitrogen and oxygen atoms in total. The summed E-state index contributed by atoms with van der Waals surface area (Å²) in [5.41, 5.74) is 1.73. The minimum atomic E-state index is -3.54. The molecule has 0 aliphatic carbocycles. The summed E-state index contributed by atoms with van der Waals surface area (Å²) >= 11 is 0. The number of ether oxygens (including phenoxy) is 1. The lowest BCUT2D eigenvalue weighted by molar-refractivity contribution is -0.116. The molecule has 1 amide bonds. The van der Waals surface area contributed by atoms with Crippen LogP contribution in [-0.2, 0) is 20.6 Å². The Morgan fingerprint density at radius 1 is 1.00 bits per heavy atom. The first-order valence-corrected chi connectivity index (χ1v) is 9.75. The van der Waals surface area contributed by atoms with Gasteiger partial charge in [-0.3, -0.25) is 9.52 Å². The number of rotatable bonds is 9. The molecular formula is C18H23N3O4S. The van der Waals surface area contributed by atoms with E-state index in [4.69, 9.17) is 4.74 Å². The number of carbonyl (C=O) groups excluding carboxylic acids is 1. The summed E-state index contributed by atoms with van der Waals surface area (Å²) < 4.78 is 32.1. The molecule has 0 spiro atoms. The van der Waals surface area contributed by atoms with Crippen molar-refractivity contribution in [2.24, 2.45) is 0 Å². The number of carbonyl (C=O) groups is 1. The maximum Gasteiger partial charge on any atom is 0.236 e. The van der Waals surface area contributed by atoms with Gasteiger partial charge < -0.3 is 15.4 Å². The third-order valence-electron chi connectivity index (χ3n) is 3.56. The summed E-state index contributed by atoms with van der Waals surface area (Å²) in [5, 5.41) is 5.67. The molecule has 0 radical (unpaired) electrons. The van der Waals surface area contributed by atoms with E-state index in [1.54, 1.807) is 62.7 Å². The van der Waals surface area contributed by atoms with E-state index >= 15 is 0 Å². The SMILES string of the molecule is CNCCC(=O)Nc1ccc(CS(=O)(=O)Nc2ccc(OC)cc2)cc1. The molecule has 0 saturated heterocycles. The van der Waals surface area contributed by atoms with Crippen LogP contribution in [0, 0.1) is 0 Å². The molecule has 3 N–H and O–H groups in total. The number of hydrogen-bond donors (Lipinski definition) is 3. The summed E-state index contributed by atoms with van der Waals surface area (Å²) in [5.74, 6) is 0.397. The van der Waals surface area contributed by atoms with E-state index in [2.05, 4.69) is 15.4 Å². The Kier molecular flexibility index (Phi) is 6.99. The van der Waals surface area contributed by atoms with Gasteiger partial charge in [-0.2, -0.15) is 0 Å². The van der Waals surface area contributed by atoms with E-state index in [1.807, 2.05) is 0 Å². The van der Waals surface area contributed by atoms with E-state index in [0.29, 0.717) is 35.7 Å². The van der Waals surface area contributed by atoms with Crippen LogP contribution in [0.15, 0.2) is 48.5 Å². The maximum atomic E-state index is 12.3. The average molecular weight is 377 g/mol. The largest absolute Gasteiger partial charge is 0.497 e. The Balaban J connectivity index is 1.94. The zero-order chi connectivity index (χ0) is 19.0. The Morgan fingerprint density at radius 3 is 2.19 bits per heavy atom. The van der Waals surface area contributed by atoms with Crippen LogP contribution in [0.5, 0.6) is 5.75 Å². The molecule has 0 fully saturated rings. The molecule has 0 aliphatic heterocycles. The molecule has 0 unspecified atom stereocenters. The van der Waals surface area contributed by atoms with E-state index in [0.717, 1.165) is 0 Å². The van der Waals surface area contributed by atoms with Crippen LogP contribution in [0.3, 0.4) is 0 Å². The summed E-state index contributed by atoms with van der Waals surface area (Å²) in [6.45, 7) is 0.596. The molecule has 2 aromatic carbocycles.